The van der Waals surface area contributed by atoms with E-state index in [0.29, 0.717) is 11.8 Å². The van der Waals surface area contributed by atoms with Crippen LogP contribution >= 0.6 is 11.6 Å². The molecule has 1 aliphatic rings. The Labute approximate surface area is 95.6 Å². The van der Waals surface area contributed by atoms with Crippen molar-refractivity contribution in [2.24, 2.45) is 0 Å². The van der Waals surface area contributed by atoms with Gasteiger partial charge in [0.15, 0.2) is 5.82 Å². The van der Waals surface area contributed by atoms with E-state index >= 15 is 0 Å². The molecule has 0 bridgehead atoms. The molecule has 1 aliphatic carbocycles. The summed E-state index contributed by atoms with van der Waals surface area (Å²) in [5, 5.41) is 7.16. The van der Waals surface area contributed by atoms with Gasteiger partial charge in [0.05, 0.1) is 5.88 Å². The smallest absolute Gasteiger partial charge is 0.153 e. The number of H-pyrrole nitrogens is 1. The minimum absolute atomic E-state index is 0.430. The molecule has 1 N–H and O–H groups in total. The summed E-state index contributed by atoms with van der Waals surface area (Å²) < 4.78 is 0. The number of halogens is 1. The summed E-state index contributed by atoms with van der Waals surface area (Å²) in [5.41, 5.74) is 0. The third-order valence-electron chi connectivity index (χ3n) is 3.15. The van der Waals surface area contributed by atoms with Gasteiger partial charge in [-0.3, -0.25) is 5.10 Å². The number of aromatic nitrogens is 3. The topological polar surface area (TPSA) is 41.6 Å². The van der Waals surface area contributed by atoms with E-state index in [4.69, 9.17) is 11.6 Å². The predicted molar refractivity (Wildman–Crippen MR) is 61.0 cm³/mol. The maximum atomic E-state index is 5.70. The first-order chi connectivity index (χ1) is 7.40. The summed E-state index contributed by atoms with van der Waals surface area (Å²) in [6.45, 7) is 0. The SMILES string of the molecule is ClCc1nc(C2CCCCCCC2)n[nH]1. The van der Waals surface area contributed by atoms with Crippen molar-refractivity contribution in [2.45, 2.75) is 56.7 Å². The van der Waals surface area contributed by atoms with Crippen molar-refractivity contribution < 1.29 is 0 Å². The Morgan fingerprint density at radius 3 is 2.40 bits per heavy atom. The van der Waals surface area contributed by atoms with Gasteiger partial charge >= 0.3 is 0 Å². The minimum atomic E-state index is 0.430. The average molecular weight is 228 g/mol. The van der Waals surface area contributed by atoms with Gasteiger partial charge < -0.3 is 0 Å². The van der Waals surface area contributed by atoms with Gasteiger partial charge in [-0.1, -0.05) is 32.1 Å². The zero-order valence-corrected chi connectivity index (χ0v) is 9.76. The van der Waals surface area contributed by atoms with E-state index in [0.717, 1.165) is 11.6 Å². The second-order valence-electron chi connectivity index (χ2n) is 4.32. The lowest BCUT2D eigenvalue weighted by Crippen LogP contribution is -2.04. The van der Waals surface area contributed by atoms with Crippen molar-refractivity contribution in [1.82, 2.24) is 15.2 Å². The van der Waals surface area contributed by atoms with E-state index in [9.17, 15) is 0 Å². The molecule has 1 saturated carbocycles. The molecule has 1 heterocycles. The number of hydrogen-bond donors (Lipinski definition) is 1. The summed E-state index contributed by atoms with van der Waals surface area (Å²) in [5.74, 6) is 2.76. The molecule has 0 amide bonds. The largest absolute Gasteiger partial charge is 0.262 e. The molecular formula is C11H18ClN3. The van der Waals surface area contributed by atoms with Crippen molar-refractivity contribution in [1.29, 1.82) is 0 Å². The van der Waals surface area contributed by atoms with E-state index in [-0.39, 0.29) is 0 Å². The van der Waals surface area contributed by atoms with Crippen LogP contribution in [0.1, 0.15) is 62.5 Å². The predicted octanol–water partition coefficient (Wildman–Crippen LogP) is 3.37. The number of alkyl halides is 1. The average Bonchev–Trinajstić information content (AvgIpc) is 2.65. The Bertz CT molecular complexity index is 290. The standard InChI is InChI=1S/C11H18ClN3/c12-8-10-13-11(15-14-10)9-6-4-2-1-3-5-7-9/h9H,1-8H2,(H,13,14,15). The molecule has 1 aromatic rings. The quantitative estimate of drug-likeness (QED) is 0.788. The van der Waals surface area contributed by atoms with Gasteiger partial charge in [-0.2, -0.15) is 5.10 Å². The van der Waals surface area contributed by atoms with E-state index in [2.05, 4.69) is 15.2 Å². The molecule has 0 saturated heterocycles. The molecule has 1 aromatic heterocycles. The van der Waals surface area contributed by atoms with E-state index in [1.807, 2.05) is 0 Å². The van der Waals surface area contributed by atoms with E-state index < -0.39 is 0 Å². The van der Waals surface area contributed by atoms with Gasteiger partial charge in [0.25, 0.3) is 0 Å². The summed E-state index contributed by atoms with van der Waals surface area (Å²) in [6, 6.07) is 0. The monoisotopic (exact) mass is 227 g/mol. The lowest BCUT2D eigenvalue weighted by atomic mass is 9.91. The van der Waals surface area contributed by atoms with E-state index in [1.54, 1.807) is 0 Å². The molecule has 0 atom stereocenters. The summed E-state index contributed by atoms with van der Waals surface area (Å²) in [4.78, 5) is 4.43. The second kappa shape index (κ2) is 5.50. The molecule has 0 spiro atoms. The summed E-state index contributed by atoms with van der Waals surface area (Å²) >= 11 is 5.70. The Morgan fingerprint density at radius 2 is 1.80 bits per heavy atom. The van der Waals surface area contributed by atoms with Crippen molar-refractivity contribution >= 4 is 11.6 Å². The molecule has 0 unspecified atom stereocenters. The molecule has 0 radical (unpaired) electrons. The molecule has 15 heavy (non-hydrogen) atoms. The first-order valence-electron chi connectivity index (χ1n) is 5.87. The number of hydrogen-bond acceptors (Lipinski definition) is 2. The van der Waals surface area contributed by atoms with Crippen LogP contribution in [-0.2, 0) is 5.88 Å². The Balaban J connectivity index is 2.00. The van der Waals surface area contributed by atoms with Crippen LogP contribution in [0.25, 0.3) is 0 Å². The lowest BCUT2D eigenvalue weighted by molar-refractivity contribution is 0.443. The molecule has 3 nitrogen and oxygen atoms in total. The zero-order chi connectivity index (χ0) is 10.5. The highest BCUT2D eigenvalue weighted by Gasteiger charge is 2.17. The Hall–Kier alpha value is -0.570. The van der Waals surface area contributed by atoms with Crippen molar-refractivity contribution in [3.8, 4) is 0 Å². The number of rotatable bonds is 2. The molecule has 1 fully saturated rings. The zero-order valence-electron chi connectivity index (χ0n) is 9.01. The van der Waals surface area contributed by atoms with Crippen molar-refractivity contribution in [3.05, 3.63) is 11.6 Å². The maximum Gasteiger partial charge on any atom is 0.153 e. The van der Waals surface area contributed by atoms with Crippen LogP contribution in [0.3, 0.4) is 0 Å². The maximum absolute atomic E-state index is 5.70. The second-order valence-corrected chi connectivity index (χ2v) is 4.58. The first-order valence-corrected chi connectivity index (χ1v) is 6.40. The number of nitrogens with one attached hydrogen (secondary N) is 1. The van der Waals surface area contributed by atoms with Gasteiger partial charge in [0.2, 0.25) is 0 Å². The third-order valence-corrected chi connectivity index (χ3v) is 3.40. The minimum Gasteiger partial charge on any atom is -0.262 e. The summed E-state index contributed by atoms with van der Waals surface area (Å²) in [7, 11) is 0. The fraction of sp³-hybridized carbons (Fsp3) is 0.818. The highest BCUT2D eigenvalue weighted by atomic mass is 35.5. The molecular weight excluding hydrogens is 210 g/mol. The Kier molecular flexibility index (Phi) is 4.01. The highest BCUT2D eigenvalue weighted by molar-refractivity contribution is 6.16. The van der Waals surface area contributed by atoms with Gasteiger partial charge in [-0.05, 0) is 12.8 Å². The van der Waals surface area contributed by atoms with Gasteiger partial charge in [0.1, 0.15) is 5.82 Å². The third kappa shape index (κ3) is 2.94. The fourth-order valence-corrected chi connectivity index (χ4v) is 2.39. The first kappa shape index (κ1) is 10.9. The van der Waals surface area contributed by atoms with Crippen LogP contribution in [0.4, 0.5) is 0 Å². The molecule has 84 valence electrons. The fourth-order valence-electron chi connectivity index (χ4n) is 2.27. The van der Waals surface area contributed by atoms with Crippen LogP contribution in [0.2, 0.25) is 0 Å². The van der Waals surface area contributed by atoms with Crippen LogP contribution in [0.15, 0.2) is 0 Å². The van der Waals surface area contributed by atoms with E-state index in [1.165, 1.54) is 44.9 Å². The van der Waals surface area contributed by atoms with Crippen LogP contribution < -0.4 is 0 Å². The normalized spacial score (nSPS) is 19.8. The van der Waals surface area contributed by atoms with Crippen molar-refractivity contribution in [3.63, 3.8) is 0 Å². The lowest BCUT2D eigenvalue weighted by Gasteiger charge is -2.16. The van der Waals surface area contributed by atoms with Crippen LogP contribution in [-0.4, -0.2) is 15.2 Å². The van der Waals surface area contributed by atoms with Crippen LogP contribution in [0.5, 0.6) is 0 Å². The van der Waals surface area contributed by atoms with Gasteiger partial charge in [-0.25, -0.2) is 4.98 Å². The summed E-state index contributed by atoms with van der Waals surface area (Å²) in [6.07, 6.45) is 9.23. The molecule has 0 aliphatic heterocycles. The van der Waals surface area contributed by atoms with Crippen LogP contribution in [0, 0.1) is 0 Å². The molecule has 4 heteroatoms. The number of aromatic amines is 1. The van der Waals surface area contributed by atoms with Crippen molar-refractivity contribution in [2.75, 3.05) is 0 Å². The van der Waals surface area contributed by atoms with Gasteiger partial charge in [0, 0.05) is 5.92 Å². The molecule has 0 aromatic carbocycles. The highest BCUT2D eigenvalue weighted by Crippen LogP contribution is 2.28. The molecule has 2 rings (SSSR count). The van der Waals surface area contributed by atoms with Gasteiger partial charge in [-0.15, -0.1) is 11.6 Å². The Morgan fingerprint density at radius 1 is 1.13 bits per heavy atom. The number of nitrogens with zero attached hydrogens (tertiary/aromatic N) is 2.